The first kappa shape index (κ1) is 81.0. The molecule has 0 spiro atoms. The number of nitrogens with one attached hydrogen (secondary N) is 10. The Morgan fingerprint density at radius 1 is 0.422 bits per heavy atom. The number of hydrogen-bond acceptors (Lipinski definition) is 21. The smallest absolute Gasteiger partial charge is 0.353 e. The number of amides is 4. The van der Waals surface area contributed by atoms with Gasteiger partial charge in [-0.05, 0) is 87.1 Å². The maximum absolute atomic E-state index is 14.6. The Morgan fingerprint density at radius 2 is 0.741 bits per heavy atom. The number of alkyl halides is 12. The van der Waals surface area contributed by atoms with Crippen molar-refractivity contribution in [3.05, 3.63) is 146 Å². The minimum Gasteiger partial charge on any atom is -0.353 e. The fourth-order valence-corrected chi connectivity index (χ4v) is 13.0. The molecule has 4 aliphatic rings. The van der Waals surface area contributed by atoms with Crippen molar-refractivity contribution in [3.63, 3.8) is 0 Å². The second-order valence-corrected chi connectivity index (χ2v) is 26.5. The van der Waals surface area contributed by atoms with E-state index in [0.29, 0.717) is 90.2 Å². The summed E-state index contributed by atoms with van der Waals surface area (Å²) in [6.07, 6.45) is 1.04. The van der Waals surface area contributed by atoms with Crippen molar-refractivity contribution in [3.8, 4) is 45.6 Å². The standard InChI is InChI=1S/C18H17F4N7O.2C18H16F4N6O.C17H14F4N6O.3H2/c19-12-7-26-15(11-6-25-14-10(11)2-1-3-24-14)28-16(12)29-5-4-23-8-13(29)17(30)27-9-18(20,21)22;2*19-12-8-25-15(11-7-24-14-10(11)3-1-5-23-14)27-16(12)28-6-2-4-13(28)17(29)26-9-18(20,21)22;18-11-7-24-13(10-6-23-12-9(10)2-1-5-22-12)26-14(11)27-16(3-4-16)15(28)25-8-17(19,20)21;;;/h1-3,6-7,13,23H,4-5,8-9H2,(H,24,25)(H,27,30);2*1,3,5,7-8,13H,2,4,6,9H2,(H,23,24)(H,26,29);1-2,5-7H,3-4,8H2,(H,22,23)(H,25,28)(H,24,26,27);3*1H/t3*13-;;;;/m010..../s1. The second kappa shape index (κ2) is 33.6. The maximum Gasteiger partial charge on any atom is 0.405 e. The number of carbonyl (C=O) groups is 4. The molecule has 116 heavy (non-hydrogen) atoms. The van der Waals surface area contributed by atoms with Gasteiger partial charge in [0.25, 0.3) is 0 Å². The summed E-state index contributed by atoms with van der Waals surface area (Å²) in [7, 11) is 0. The lowest BCUT2D eigenvalue weighted by Crippen LogP contribution is -2.59. The zero-order chi connectivity index (χ0) is 82.4. The second-order valence-electron chi connectivity index (χ2n) is 26.5. The van der Waals surface area contributed by atoms with E-state index in [1.807, 2.05) is 33.4 Å². The van der Waals surface area contributed by atoms with E-state index < -0.39 is 121 Å². The van der Waals surface area contributed by atoms with Gasteiger partial charge in [0.15, 0.2) is 69.8 Å². The van der Waals surface area contributed by atoms with E-state index in [2.05, 4.69) is 90.4 Å². The van der Waals surface area contributed by atoms with Gasteiger partial charge in [0.1, 0.15) is 72.4 Å². The number of aromatic amines is 4. The molecule has 10 N–H and O–H groups in total. The summed E-state index contributed by atoms with van der Waals surface area (Å²) in [6, 6.07) is 11.2. The van der Waals surface area contributed by atoms with Gasteiger partial charge in [-0.15, -0.1) is 0 Å². The van der Waals surface area contributed by atoms with E-state index >= 15 is 0 Å². The molecule has 45 heteroatoms. The Kier molecular flexibility index (Phi) is 23.5. The molecule has 0 radical (unpaired) electrons. The van der Waals surface area contributed by atoms with Gasteiger partial charge >= 0.3 is 24.7 Å². The van der Waals surface area contributed by atoms with Crippen molar-refractivity contribution in [1.29, 1.82) is 0 Å². The number of fused-ring (bicyclic) bond motifs is 4. The molecule has 0 bridgehead atoms. The Balaban J connectivity index is 0.000000166. The van der Waals surface area contributed by atoms with Gasteiger partial charge in [0.2, 0.25) is 23.6 Å². The molecule has 1 saturated carbocycles. The molecular formula is C71H69F16N25O4. The van der Waals surface area contributed by atoms with Crippen molar-refractivity contribution in [2.45, 2.75) is 86.9 Å². The minimum atomic E-state index is -4.54. The van der Waals surface area contributed by atoms with Gasteiger partial charge < -0.3 is 66.5 Å². The van der Waals surface area contributed by atoms with Gasteiger partial charge in [0, 0.05) is 130 Å². The number of carbonyl (C=O) groups excluding carboxylic acids is 4. The van der Waals surface area contributed by atoms with Crippen LogP contribution in [0, 0.1) is 23.3 Å². The third-order valence-electron chi connectivity index (χ3n) is 18.5. The van der Waals surface area contributed by atoms with Crippen LogP contribution >= 0.6 is 0 Å². The van der Waals surface area contributed by atoms with E-state index in [-0.39, 0.29) is 76.8 Å². The van der Waals surface area contributed by atoms with Crippen LogP contribution in [0.3, 0.4) is 0 Å². The van der Waals surface area contributed by atoms with E-state index in [4.69, 9.17) is 0 Å². The summed E-state index contributed by atoms with van der Waals surface area (Å²) in [5, 5.41) is 15.9. The Bertz CT molecular complexity index is 5410. The summed E-state index contributed by atoms with van der Waals surface area (Å²) in [5.74, 6) is -6.18. The molecular weight excluding hydrogens is 1570 g/mol. The Hall–Kier alpha value is -13.0. The lowest BCUT2D eigenvalue weighted by atomic mass is 10.1. The summed E-state index contributed by atoms with van der Waals surface area (Å²) in [4.78, 5) is 115. The third-order valence-corrected chi connectivity index (χ3v) is 18.5. The molecule has 12 aromatic rings. The van der Waals surface area contributed by atoms with E-state index in [9.17, 15) is 89.4 Å². The highest BCUT2D eigenvalue weighted by molar-refractivity contribution is 5.96. The fourth-order valence-electron chi connectivity index (χ4n) is 13.0. The van der Waals surface area contributed by atoms with Gasteiger partial charge in [-0.25, -0.2) is 77.4 Å². The minimum absolute atomic E-state index is 0. The maximum atomic E-state index is 14.6. The van der Waals surface area contributed by atoms with Crippen LogP contribution in [0.2, 0.25) is 0 Å². The number of halogens is 16. The largest absolute Gasteiger partial charge is 0.405 e. The number of H-pyrrole nitrogens is 4. The summed E-state index contributed by atoms with van der Waals surface area (Å²) >= 11 is 0. The molecule has 12 aromatic heterocycles. The molecule has 0 unspecified atom stereocenters. The van der Waals surface area contributed by atoms with Crippen molar-refractivity contribution >= 4 is 91.0 Å². The lowest BCUT2D eigenvalue weighted by molar-refractivity contribution is -0.139. The highest BCUT2D eigenvalue weighted by Gasteiger charge is 2.52. The first-order chi connectivity index (χ1) is 55.3. The normalized spacial score (nSPS) is 16.8. The molecule has 4 amide bonds. The van der Waals surface area contributed by atoms with Gasteiger partial charge in [-0.1, -0.05) is 0 Å². The topological polar surface area (TPSA) is 368 Å². The SMILES string of the molecule is O=C(NCC(F)(F)F)C1(Nc2nc(-c3c[nH]c4ncccc34)ncc2F)CC1.O=C(NCC(F)(F)F)[C@@H]1CCCN1c1nc(-c2c[nH]c3ncccc23)ncc1F.O=C(NCC(F)(F)F)[C@@H]1CNCCN1c1nc(-c2c[nH]c3ncccc23)ncc1F.O=C(NCC(F)(F)F)[C@H]1CCCN1c1nc(-c2c[nH]c3ncccc23)ncc1F.[HH].[HH].[HH]. The van der Waals surface area contributed by atoms with Crippen LogP contribution in [0.5, 0.6) is 0 Å². The number of aromatic nitrogens is 16. The van der Waals surface area contributed by atoms with Gasteiger partial charge in [0.05, 0.1) is 24.8 Å². The summed E-state index contributed by atoms with van der Waals surface area (Å²) in [5.41, 5.74) is 3.51. The van der Waals surface area contributed by atoms with Crippen LogP contribution in [-0.4, -0.2) is 211 Å². The highest BCUT2D eigenvalue weighted by atomic mass is 19.4. The first-order valence-electron chi connectivity index (χ1n) is 35.2. The van der Waals surface area contributed by atoms with E-state index in [0.717, 1.165) is 46.3 Å². The number of hydrogen-bond donors (Lipinski definition) is 10. The number of nitrogens with zero attached hydrogens (tertiary/aromatic N) is 15. The third kappa shape index (κ3) is 19.1. The molecule has 4 fully saturated rings. The molecule has 29 nitrogen and oxygen atoms in total. The molecule has 3 saturated heterocycles. The lowest BCUT2D eigenvalue weighted by Gasteiger charge is -2.36. The molecule has 15 heterocycles. The predicted octanol–water partition coefficient (Wildman–Crippen LogP) is 10.7. The van der Waals surface area contributed by atoms with Crippen LogP contribution in [0.4, 0.5) is 93.5 Å². The van der Waals surface area contributed by atoms with Crippen LogP contribution in [0.15, 0.2) is 123 Å². The zero-order valence-corrected chi connectivity index (χ0v) is 59.8. The van der Waals surface area contributed by atoms with Crippen molar-refractivity contribution in [2.24, 2.45) is 0 Å². The van der Waals surface area contributed by atoms with Crippen molar-refractivity contribution in [2.75, 3.05) is 78.9 Å². The predicted molar refractivity (Wildman–Crippen MR) is 391 cm³/mol. The molecule has 3 atom stereocenters. The van der Waals surface area contributed by atoms with Crippen LogP contribution < -0.4 is 46.6 Å². The van der Waals surface area contributed by atoms with Crippen molar-refractivity contribution in [1.82, 2.24) is 106 Å². The van der Waals surface area contributed by atoms with E-state index in [1.165, 1.54) is 14.7 Å². The van der Waals surface area contributed by atoms with Crippen LogP contribution in [0.25, 0.3) is 89.7 Å². The van der Waals surface area contributed by atoms with Gasteiger partial charge in [-0.3, -0.25) is 19.2 Å². The molecule has 0 aromatic carbocycles. The zero-order valence-electron chi connectivity index (χ0n) is 59.8. The average Bonchev–Trinajstić information content (AvgIpc) is 1.61. The number of anilines is 4. The monoisotopic (exact) mass is 1640 g/mol. The van der Waals surface area contributed by atoms with Crippen LogP contribution in [0.1, 0.15) is 42.8 Å². The van der Waals surface area contributed by atoms with Crippen LogP contribution in [-0.2, 0) is 19.2 Å². The highest BCUT2D eigenvalue weighted by Crippen LogP contribution is 2.41. The molecule has 16 rings (SSSR count). The number of rotatable bonds is 17. The molecule has 3 aliphatic heterocycles. The summed E-state index contributed by atoms with van der Waals surface area (Å²) in [6.45, 7) is -4.53. The average molecular weight is 1640 g/mol. The van der Waals surface area contributed by atoms with Crippen molar-refractivity contribution < 1.29 is 93.7 Å². The number of piperazine rings is 1. The summed E-state index contributed by atoms with van der Waals surface area (Å²) < 4.78 is 207. The van der Waals surface area contributed by atoms with Gasteiger partial charge in [-0.2, -0.15) is 52.7 Å². The molecule has 614 valence electrons. The quantitative estimate of drug-likeness (QED) is 0.0379. The fraction of sp³-hybridized carbons (Fsp3) is 0.324. The number of pyridine rings is 4. The Labute approximate surface area is 646 Å². The van der Waals surface area contributed by atoms with E-state index in [1.54, 1.807) is 86.0 Å². The Morgan fingerprint density at radius 3 is 1.09 bits per heavy atom. The molecule has 1 aliphatic carbocycles. The first-order valence-corrected chi connectivity index (χ1v) is 35.2.